The van der Waals surface area contributed by atoms with Crippen LogP contribution in [0, 0.1) is 5.82 Å². The molecule has 0 spiro atoms. The summed E-state index contributed by atoms with van der Waals surface area (Å²) in [6.45, 7) is 7.95. The van der Waals surface area contributed by atoms with Gasteiger partial charge in [-0.2, -0.15) is 0 Å². The maximum Gasteiger partial charge on any atom is 0.261 e. The second-order valence-corrected chi connectivity index (χ2v) is 6.26. The van der Waals surface area contributed by atoms with Crippen LogP contribution in [0.25, 0.3) is 0 Å². The van der Waals surface area contributed by atoms with Crippen molar-refractivity contribution in [2.45, 2.75) is 25.9 Å². The molecular formula is C18H28FN3O2. The highest BCUT2D eigenvalue weighted by atomic mass is 19.1. The minimum Gasteiger partial charge on any atom is -0.481 e. The van der Waals surface area contributed by atoms with Crippen molar-refractivity contribution in [2.24, 2.45) is 0 Å². The fourth-order valence-corrected chi connectivity index (χ4v) is 2.70. The highest BCUT2D eigenvalue weighted by molar-refractivity contribution is 5.81. The second kappa shape index (κ2) is 9.59. The van der Waals surface area contributed by atoms with Crippen molar-refractivity contribution < 1.29 is 13.9 Å². The lowest BCUT2D eigenvalue weighted by Crippen LogP contribution is -2.45. The molecule has 0 aliphatic carbocycles. The quantitative estimate of drug-likeness (QED) is 0.734. The van der Waals surface area contributed by atoms with Crippen LogP contribution in [-0.4, -0.2) is 68.1 Å². The first-order valence-corrected chi connectivity index (χ1v) is 8.69. The largest absolute Gasteiger partial charge is 0.481 e. The minimum absolute atomic E-state index is 0.111. The Kier molecular flexibility index (Phi) is 7.46. The Bertz CT molecular complexity index is 501. The summed E-state index contributed by atoms with van der Waals surface area (Å²) in [5, 5.41) is 2.94. The number of carbonyl (C=O) groups is 1. The van der Waals surface area contributed by atoms with Gasteiger partial charge in [0, 0.05) is 32.7 Å². The standard InChI is InChI=1S/C18H28FN3O2/c1-3-17(24-16-7-5-15(19)6-8-16)18(23)20-9-4-10-22-13-11-21(2)12-14-22/h5-8,17H,3-4,9-14H2,1-2H3,(H,20,23)/t17-/m0/s1. The Morgan fingerprint density at radius 1 is 1.25 bits per heavy atom. The summed E-state index contributed by atoms with van der Waals surface area (Å²) in [6.07, 6.45) is 0.962. The van der Waals surface area contributed by atoms with Gasteiger partial charge in [0.15, 0.2) is 6.10 Å². The number of benzene rings is 1. The van der Waals surface area contributed by atoms with Gasteiger partial charge in [-0.1, -0.05) is 6.92 Å². The van der Waals surface area contributed by atoms with Crippen molar-refractivity contribution in [1.29, 1.82) is 0 Å². The van der Waals surface area contributed by atoms with Crippen molar-refractivity contribution in [3.8, 4) is 5.75 Å². The van der Waals surface area contributed by atoms with Crippen LogP contribution in [0.5, 0.6) is 5.75 Å². The lowest BCUT2D eigenvalue weighted by Gasteiger charge is -2.32. The Balaban J connectivity index is 1.67. The van der Waals surface area contributed by atoms with E-state index in [9.17, 15) is 9.18 Å². The number of carbonyl (C=O) groups excluding carboxylic acids is 1. The molecule has 6 heteroatoms. The van der Waals surface area contributed by atoms with Gasteiger partial charge in [-0.25, -0.2) is 4.39 Å². The Morgan fingerprint density at radius 3 is 2.54 bits per heavy atom. The molecule has 0 bridgehead atoms. The number of hydrogen-bond acceptors (Lipinski definition) is 4. The summed E-state index contributed by atoms with van der Waals surface area (Å²) >= 11 is 0. The summed E-state index contributed by atoms with van der Waals surface area (Å²) in [5.41, 5.74) is 0. The molecule has 24 heavy (non-hydrogen) atoms. The Hall–Kier alpha value is -1.66. The molecule has 1 amide bonds. The van der Waals surface area contributed by atoms with Crippen LogP contribution in [0.15, 0.2) is 24.3 Å². The van der Waals surface area contributed by atoms with Gasteiger partial charge in [-0.3, -0.25) is 4.79 Å². The summed E-state index contributed by atoms with van der Waals surface area (Å²) in [6, 6.07) is 5.74. The predicted molar refractivity (Wildman–Crippen MR) is 92.7 cm³/mol. The molecule has 1 aliphatic heterocycles. The van der Waals surface area contributed by atoms with Gasteiger partial charge in [0.2, 0.25) is 0 Å². The first-order chi connectivity index (χ1) is 11.6. The van der Waals surface area contributed by atoms with Crippen LogP contribution in [0.3, 0.4) is 0 Å². The smallest absolute Gasteiger partial charge is 0.261 e. The molecule has 2 rings (SSSR count). The molecule has 1 aromatic carbocycles. The molecule has 1 fully saturated rings. The van der Waals surface area contributed by atoms with Gasteiger partial charge in [-0.15, -0.1) is 0 Å². The molecule has 1 aliphatic rings. The normalized spacial score (nSPS) is 17.5. The van der Waals surface area contributed by atoms with E-state index in [4.69, 9.17) is 4.74 Å². The average Bonchev–Trinajstić information content (AvgIpc) is 2.59. The van der Waals surface area contributed by atoms with Crippen LogP contribution in [0.4, 0.5) is 4.39 Å². The average molecular weight is 337 g/mol. The van der Waals surface area contributed by atoms with Crippen LogP contribution < -0.4 is 10.1 Å². The first kappa shape index (κ1) is 18.7. The number of nitrogens with one attached hydrogen (secondary N) is 1. The fraction of sp³-hybridized carbons (Fsp3) is 0.611. The van der Waals surface area contributed by atoms with Crippen molar-refractivity contribution in [2.75, 3.05) is 46.3 Å². The summed E-state index contributed by atoms with van der Waals surface area (Å²) in [5.74, 6) is 0.0831. The van der Waals surface area contributed by atoms with E-state index in [1.54, 1.807) is 12.1 Å². The van der Waals surface area contributed by atoms with Gasteiger partial charge in [0.1, 0.15) is 11.6 Å². The summed E-state index contributed by atoms with van der Waals surface area (Å²) in [7, 11) is 2.14. The zero-order valence-electron chi connectivity index (χ0n) is 14.6. The fourth-order valence-electron chi connectivity index (χ4n) is 2.70. The van der Waals surface area contributed by atoms with Crippen LogP contribution in [0.1, 0.15) is 19.8 Å². The van der Waals surface area contributed by atoms with Crippen molar-refractivity contribution in [3.05, 3.63) is 30.1 Å². The zero-order valence-corrected chi connectivity index (χ0v) is 14.6. The monoisotopic (exact) mass is 337 g/mol. The number of likely N-dealkylation sites (N-methyl/N-ethyl adjacent to an activating group) is 1. The SMILES string of the molecule is CC[C@H](Oc1ccc(F)cc1)C(=O)NCCCN1CCN(C)CC1. The Labute approximate surface area is 143 Å². The van der Waals surface area contributed by atoms with E-state index < -0.39 is 6.10 Å². The third kappa shape index (κ3) is 6.09. The van der Waals surface area contributed by atoms with Gasteiger partial charge in [0.05, 0.1) is 0 Å². The van der Waals surface area contributed by atoms with Gasteiger partial charge >= 0.3 is 0 Å². The van der Waals surface area contributed by atoms with E-state index in [1.807, 2.05) is 6.92 Å². The number of ether oxygens (including phenoxy) is 1. The molecule has 1 atom stereocenters. The number of amides is 1. The van der Waals surface area contributed by atoms with Crippen molar-refractivity contribution in [3.63, 3.8) is 0 Å². The molecule has 1 heterocycles. The molecule has 5 nitrogen and oxygen atoms in total. The molecule has 0 saturated carbocycles. The van der Waals surface area contributed by atoms with Crippen LogP contribution in [0.2, 0.25) is 0 Å². The molecule has 0 aromatic heterocycles. The molecule has 0 radical (unpaired) electrons. The van der Waals surface area contributed by atoms with Crippen molar-refractivity contribution in [1.82, 2.24) is 15.1 Å². The Morgan fingerprint density at radius 2 is 1.92 bits per heavy atom. The van der Waals surface area contributed by atoms with E-state index in [-0.39, 0.29) is 11.7 Å². The number of halogens is 1. The molecular weight excluding hydrogens is 309 g/mol. The molecule has 0 unspecified atom stereocenters. The topological polar surface area (TPSA) is 44.8 Å². The van der Waals surface area contributed by atoms with Crippen molar-refractivity contribution >= 4 is 5.91 Å². The molecule has 134 valence electrons. The highest BCUT2D eigenvalue weighted by Crippen LogP contribution is 2.14. The number of rotatable bonds is 8. The first-order valence-electron chi connectivity index (χ1n) is 8.69. The lowest BCUT2D eigenvalue weighted by molar-refractivity contribution is -0.128. The minimum atomic E-state index is -0.543. The van der Waals surface area contributed by atoms with E-state index >= 15 is 0 Å². The summed E-state index contributed by atoms with van der Waals surface area (Å²) < 4.78 is 18.5. The van der Waals surface area contributed by atoms with Crippen LogP contribution >= 0.6 is 0 Å². The molecule has 1 saturated heterocycles. The van der Waals surface area contributed by atoms with Gasteiger partial charge < -0.3 is 19.9 Å². The van der Waals surface area contributed by atoms with Gasteiger partial charge in [0.25, 0.3) is 5.91 Å². The van der Waals surface area contributed by atoms with Gasteiger partial charge in [-0.05, 0) is 50.7 Å². The molecule has 1 N–H and O–H groups in total. The van der Waals surface area contributed by atoms with Crippen LogP contribution in [-0.2, 0) is 4.79 Å². The van der Waals surface area contributed by atoms with E-state index in [0.717, 1.165) is 39.1 Å². The van der Waals surface area contributed by atoms with E-state index in [0.29, 0.717) is 18.7 Å². The van der Waals surface area contributed by atoms with E-state index in [1.165, 1.54) is 12.1 Å². The number of nitrogens with zero attached hydrogens (tertiary/aromatic N) is 2. The third-order valence-corrected chi connectivity index (χ3v) is 4.30. The highest BCUT2D eigenvalue weighted by Gasteiger charge is 2.18. The lowest BCUT2D eigenvalue weighted by atomic mass is 10.2. The maximum absolute atomic E-state index is 12.9. The van der Waals surface area contributed by atoms with E-state index in [2.05, 4.69) is 22.2 Å². The second-order valence-electron chi connectivity index (χ2n) is 6.26. The zero-order chi connectivity index (χ0) is 17.4. The molecule has 1 aromatic rings. The predicted octanol–water partition coefficient (Wildman–Crippen LogP) is 1.74. The summed E-state index contributed by atoms with van der Waals surface area (Å²) in [4.78, 5) is 17.0. The number of piperazine rings is 1. The number of hydrogen-bond donors (Lipinski definition) is 1. The maximum atomic E-state index is 12.9. The third-order valence-electron chi connectivity index (χ3n) is 4.30.